The van der Waals surface area contributed by atoms with Gasteiger partial charge in [-0.15, -0.1) is 0 Å². The largest absolute Gasteiger partial charge is 0.550 e. The maximum absolute atomic E-state index is 12.8. The molecule has 2 unspecified atom stereocenters. The first-order valence-corrected chi connectivity index (χ1v) is 10.0. The summed E-state index contributed by atoms with van der Waals surface area (Å²) in [7, 11) is -3.66. The molecule has 4 bridgehead atoms. The number of nitrogens with one attached hydrogen (secondary N) is 1. The lowest BCUT2D eigenvalue weighted by atomic mass is 9.47. The molecule has 0 aromatic heterocycles. The van der Waals surface area contributed by atoms with Gasteiger partial charge in [-0.1, -0.05) is 17.7 Å². The SMILES string of the molecule is Cc1ccc(S(=O)(=O)NC23C[C@H]4C[C@@H](C2)CC(C(=O)[O-])(C4)C3)cc1. The fraction of sp³-hybridized carbons (Fsp3) is 0.611. The Morgan fingerprint density at radius 2 is 1.71 bits per heavy atom. The minimum Gasteiger partial charge on any atom is -0.550 e. The standard InChI is InChI=1S/C18H23NO4S/c1-12-2-4-15(5-3-12)24(22,23)19-18-9-13-6-14(10-18)8-17(7-13,11-18)16(20)21/h2-5,13-14,19H,6-11H2,1H3,(H,20,21)/p-1/t13-,14+,17?,18?. The van der Waals surface area contributed by atoms with Crippen molar-refractivity contribution in [3.8, 4) is 0 Å². The lowest BCUT2D eigenvalue weighted by molar-refractivity contribution is -0.327. The van der Waals surface area contributed by atoms with Crippen LogP contribution in [0.1, 0.15) is 44.1 Å². The maximum Gasteiger partial charge on any atom is 0.241 e. The molecule has 0 heterocycles. The van der Waals surface area contributed by atoms with Crippen LogP contribution in [0.25, 0.3) is 0 Å². The molecule has 1 aromatic carbocycles. The van der Waals surface area contributed by atoms with Crippen LogP contribution in [0.3, 0.4) is 0 Å². The summed E-state index contributed by atoms with van der Waals surface area (Å²) in [6.45, 7) is 1.91. The normalized spacial score (nSPS) is 37.5. The molecular formula is C18H22NO4S-. The Morgan fingerprint density at radius 1 is 1.12 bits per heavy atom. The molecule has 4 aliphatic carbocycles. The fourth-order valence-electron chi connectivity index (χ4n) is 5.68. The number of hydrogen-bond donors (Lipinski definition) is 1. The van der Waals surface area contributed by atoms with E-state index >= 15 is 0 Å². The number of carbonyl (C=O) groups is 1. The van der Waals surface area contributed by atoms with Gasteiger partial charge in [0.1, 0.15) is 0 Å². The second-order valence-corrected chi connectivity index (χ2v) is 9.91. The fourth-order valence-corrected chi connectivity index (χ4v) is 7.10. The van der Waals surface area contributed by atoms with Gasteiger partial charge in [-0.3, -0.25) is 0 Å². The van der Waals surface area contributed by atoms with Gasteiger partial charge in [-0.25, -0.2) is 13.1 Å². The first-order chi connectivity index (χ1) is 11.2. The van der Waals surface area contributed by atoms with E-state index in [0.29, 0.717) is 19.3 Å². The van der Waals surface area contributed by atoms with E-state index in [0.717, 1.165) is 24.8 Å². The van der Waals surface area contributed by atoms with E-state index in [1.807, 2.05) is 6.92 Å². The zero-order valence-corrected chi connectivity index (χ0v) is 14.6. The number of carboxylic acids is 1. The summed E-state index contributed by atoms with van der Waals surface area (Å²) in [4.78, 5) is 12.0. The van der Waals surface area contributed by atoms with Gasteiger partial charge in [-0.05, 0) is 69.4 Å². The van der Waals surface area contributed by atoms with Crippen LogP contribution in [0.5, 0.6) is 0 Å². The summed E-state index contributed by atoms with van der Waals surface area (Å²) < 4.78 is 28.6. The number of sulfonamides is 1. The van der Waals surface area contributed by atoms with Crippen molar-refractivity contribution in [2.24, 2.45) is 17.3 Å². The molecule has 0 spiro atoms. The molecule has 1 N–H and O–H groups in total. The summed E-state index contributed by atoms with van der Waals surface area (Å²) >= 11 is 0. The molecule has 0 amide bonds. The van der Waals surface area contributed by atoms with Crippen LogP contribution in [0, 0.1) is 24.2 Å². The molecule has 0 aliphatic heterocycles. The molecule has 0 radical (unpaired) electrons. The molecule has 4 fully saturated rings. The third-order valence-electron chi connectivity index (χ3n) is 6.18. The third-order valence-corrected chi connectivity index (χ3v) is 7.77. The second-order valence-electron chi connectivity index (χ2n) is 8.23. The van der Waals surface area contributed by atoms with Gasteiger partial charge in [0.2, 0.25) is 10.0 Å². The Kier molecular flexibility index (Phi) is 3.39. The van der Waals surface area contributed by atoms with Crippen molar-refractivity contribution in [2.45, 2.75) is 55.9 Å². The quantitative estimate of drug-likeness (QED) is 0.890. The van der Waals surface area contributed by atoms with E-state index in [9.17, 15) is 18.3 Å². The van der Waals surface area contributed by atoms with Gasteiger partial charge in [0.05, 0.1) is 4.90 Å². The number of benzene rings is 1. The average molecular weight is 348 g/mol. The van der Waals surface area contributed by atoms with Gasteiger partial charge in [0.15, 0.2) is 0 Å². The van der Waals surface area contributed by atoms with Crippen LogP contribution < -0.4 is 9.83 Å². The zero-order chi connectivity index (χ0) is 17.2. The Morgan fingerprint density at radius 3 is 2.25 bits per heavy atom. The number of carboxylic acid groups (broad SMARTS) is 1. The van der Waals surface area contributed by atoms with E-state index in [2.05, 4.69) is 4.72 Å². The minimum atomic E-state index is -3.66. The molecule has 6 heteroatoms. The molecule has 4 aliphatic rings. The average Bonchev–Trinajstić information content (AvgIpc) is 2.44. The van der Waals surface area contributed by atoms with Gasteiger partial charge in [0, 0.05) is 16.9 Å². The predicted molar refractivity (Wildman–Crippen MR) is 86.4 cm³/mol. The van der Waals surface area contributed by atoms with Crippen LogP contribution in [0.4, 0.5) is 0 Å². The molecule has 4 saturated carbocycles. The van der Waals surface area contributed by atoms with Crippen LogP contribution >= 0.6 is 0 Å². The van der Waals surface area contributed by atoms with Crippen LogP contribution in [0.2, 0.25) is 0 Å². The number of aryl methyl sites for hydroxylation is 1. The highest BCUT2D eigenvalue weighted by Crippen LogP contribution is 2.61. The summed E-state index contributed by atoms with van der Waals surface area (Å²) in [5.41, 5.74) is -0.479. The first-order valence-electron chi connectivity index (χ1n) is 8.54. The van der Waals surface area contributed by atoms with Crippen molar-refractivity contribution in [3.05, 3.63) is 29.8 Å². The molecule has 1 aromatic rings. The summed E-state index contributed by atoms with van der Waals surface area (Å²) in [6, 6.07) is 6.76. The van der Waals surface area contributed by atoms with Crippen molar-refractivity contribution in [2.75, 3.05) is 0 Å². The molecular weight excluding hydrogens is 326 g/mol. The lowest BCUT2D eigenvalue weighted by Gasteiger charge is -2.62. The lowest BCUT2D eigenvalue weighted by Crippen LogP contribution is -2.66. The Balaban J connectivity index is 1.66. The van der Waals surface area contributed by atoms with Gasteiger partial charge in [-0.2, -0.15) is 0 Å². The Hall–Kier alpha value is -1.40. The van der Waals surface area contributed by atoms with E-state index in [-0.39, 0.29) is 16.7 Å². The number of carbonyl (C=O) groups excluding carboxylic acids is 1. The van der Waals surface area contributed by atoms with E-state index in [4.69, 9.17) is 0 Å². The first kappa shape index (κ1) is 16.1. The van der Waals surface area contributed by atoms with Gasteiger partial charge < -0.3 is 9.90 Å². The summed E-state index contributed by atoms with van der Waals surface area (Å²) in [5, 5.41) is 11.8. The van der Waals surface area contributed by atoms with Crippen LogP contribution in [-0.2, 0) is 14.8 Å². The monoisotopic (exact) mass is 348 g/mol. The number of aliphatic carboxylic acids is 1. The van der Waals surface area contributed by atoms with Gasteiger partial charge >= 0.3 is 0 Å². The highest BCUT2D eigenvalue weighted by Gasteiger charge is 2.59. The van der Waals surface area contributed by atoms with E-state index in [1.165, 1.54) is 0 Å². The molecule has 5 rings (SSSR count). The number of hydrogen-bond acceptors (Lipinski definition) is 4. The zero-order valence-electron chi connectivity index (χ0n) is 13.7. The second kappa shape index (κ2) is 5.05. The smallest absolute Gasteiger partial charge is 0.241 e. The van der Waals surface area contributed by atoms with Crippen molar-refractivity contribution in [1.29, 1.82) is 0 Å². The summed E-state index contributed by atoms with van der Waals surface area (Å²) in [5.74, 6) is -0.440. The van der Waals surface area contributed by atoms with Crippen molar-refractivity contribution >= 4 is 16.0 Å². The molecule has 4 atom stereocenters. The Labute approximate surface area is 142 Å². The maximum atomic E-state index is 12.8. The van der Waals surface area contributed by atoms with Gasteiger partial charge in [0.25, 0.3) is 0 Å². The van der Waals surface area contributed by atoms with Crippen molar-refractivity contribution < 1.29 is 18.3 Å². The minimum absolute atomic E-state index is 0.242. The van der Waals surface area contributed by atoms with Crippen LogP contribution in [-0.4, -0.2) is 19.9 Å². The van der Waals surface area contributed by atoms with Crippen LogP contribution in [0.15, 0.2) is 29.2 Å². The van der Waals surface area contributed by atoms with E-state index < -0.39 is 26.9 Å². The third kappa shape index (κ3) is 2.47. The highest BCUT2D eigenvalue weighted by atomic mass is 32.2. The topological polar surface area (TPSA) is 86.3 Å². The molecule has 130 valence electrons. The molecule has 24 heavy (non-hydrogen) atoms. The highest BCUT2D eigenvalue weighted by molar-refractivity contribution is 7.89. The van der Waals surface area contributed by atoms with Crippen molar-refractivity contribution in [1.82, 2.24) is 4.72 Å². The summed E-state index contributed by atoms with van der Waals surface area (Å²) in [6.07, 6.45) is 4.14. The van der Waals surface area contributed by atoms with Crippen molar-refractivity contribution in [3.63, 3.8) is 0 Å². The number of rotatable bonds is 4. The van der Waals surface area contributed by atoms with E-state index in [1.54, 1.807) is 24.3 Å². The molecule has 0 saturated heterocycles. The molecule has 5 nitrogen and oxygen atoms in total. The predicted octanol–water partition coefficient (Wildman–Crippen LogP) is 1.36. The Bertz CT molecular complexity index is 770.